The number of rotatable bonds is 12. The predicted octanol–water partition coefficient (Wildman–Crippen LogP) is 5.66. The molecule has 0 bridgehead atoms. The lowest BCUT2D eigenvalue weighted by molar-refractivity contribution is -0.144. The third-order valence-electron chi connectivity index (χ3n) is 13.7. The first kappa shape index (κ1) is 47.9. The number of hydrogen-bond acceptors (Lipinski definition) is 12. The molecule has 0 unspecified atom stereocenters. The van der Waals surface area contributed by atoms with Crippen LogP contribution >= 0.6 is 11.3 Å². The number of likely N-dealkylation sites (tertiary alicyclic amines) is 1. The van der Waals surface area contributed by atoms with E-state index in [0.717, 1.165) is 57.8 Å². The van der Waals surface area contributed by atoms with Crippen LogP contribution in [-0.2, 0) is 56.4 Å². The number of β-amino-alcohol motifs (C(OH)–C–C–N with tert-alkyl or cyclic N) is 1. The Morgan fingerprint density at radius 3 is 2.51 bits per heavy atom. The fourth-order valence-electron chi connectivity index (χ4n) is 10.1. The molecule has 0 spiro atoms. The lowest BCUT2D eigenvalue weighted by Gasteiger charge is -2.35. The van der Waals surface area contributed by atoms with Crippen molar-refractivity contribution in [3.05, 3.63) is 81.7 Å². The molecule has 3 aromatic heterocycles. The summed E-state index contributed by atoms with van der Waals surface area (Å²) < 4.78 is 39.3. The number of thiazole rings is 1. The summed E-state index contributed by atoms with van der Waals surface area (Å²) in [5, 5.41) is 30.0. The minimum absolute atomic E-state index is 0.0304. The van der Waals surface area contributed by atoms with Gasteiger partial charge in [-0.1, -0.05) is 50.3 Å². The van der Waals surface area contributed by atoms with Gasteiger partial charge < -0.3 is 35.2 Å². The molecule has 9 rings (SSSR count). The third kappa shape index (κ3) is 10.0. The molecule has 0 aliphatic carbocycles. The Hall–Kier alpha value is -6.12. The van der Waals surface area contributed by atoms with Crippen LogP contribution in [-0.4, -0.2) is 119 Å². The first-order valence-electron chi connectivity index (χ1n) is 23.7. The first-order valence-corrected chi connectivity index (χ1v) is 24.5. The Morgan fingerprint density at radius 2 is 1.81 bits per heavy atom. The third-order valence-corrected chi connectivity index (χ3v) is 14.7. The molecule has 2 saturated heterocycles. The Kier molecular flexibility index (Phi) is 13.7. The molecule has 5 aromatic rings. The number of aromatic nitrogens is 6. The lowest BCUT2D eigenvalue weighted by Crippen LogP contribution is -2.58. The second-order valence-corrected chi connectivity index (χ2v) is 20.5. The zero-order valence-electron chi connectivity index (χ0n) is 39.6. The number of aliphatic hydroxyl groups is 1. The minimum Gasteiger partial charge on any atom is -0.391 e. The maximum absolute atomic E-state index is 15.1. The van der Waals surface area contributed by atoms with Crippen molar-refractivity contribution in [2.75, 3.05) is 37.7 Å². The lowest BCUT2D eigenvalue weighted by atomic mass is 9.85. The van der Waals surface area contributed by atoms with E-state index in [2.05, 4.69) is 30.6 Å². The summed E-state index contributed by atoms with van der Waals surface area (Å²) in [6.07, 6.45) is 1.31. The van der Waals surface area contributed by atoms with Crippen LogP contribution in [0.25, 0.3) is 21.7 Å². The summed E-state index contributed by atoms with van der Waals surface area (Å²) in [6.45, 7) is 11.4. The Bertz CT molecular complexity index is 2730. The summed E-state index contributed by atoms with van der Waals surface area (Å²) >= 11 is 1.55. The van der Waals surface area contributed by atoms with Crippen molar-refractivity contribution in [2.24, 2.45) is 5.41 Å². The van der Waals surface area contributed by atoms with Crippen molar-refractivity contribution in [1.29, 1.82) is 0 Å². The first-order chi connectivity index (χ1) is 33.0. The average Bonchev–Trinajstić information content (AvgIpc) is 4.15. The van der Waals surface area contributed by atoms with E-state index >= 15 is 8.78 Å². The van der Waals surface area contributed by atoms with Gasteiger partial charge in [0.15, 0.2) is 5.82 Å². The van der Waals surface area contributed by atoms with Crippen molar-refractivity contribution in [1.82, 2.24) is 50.2 Å². The topological polar surface area (TPSA) is 193 Å². The molecule has 4 aliphatic rings. The number of carbonyl (C=O) groups is 4. The molecule has 3 N–H and O–H groups in total. The number of ether oxygens (including phenoxy) is 1. The smallest absolute Gasteiger partial charge is 0.264 e. The van der Waals surface area contributed by atoms with Gasteiger partial charge in [-0.05, 0) is 66.8 Å². The van der Waals surface area contributed by atoms with E-state index in [4.69, 9.17) is 9.84 Å². The Morgan fingerprint density at radius 1 is 1.04 bits per heavy atom. The highest BCUT2D eigenvalue weighted by molar-refractivity contribution is 7.13. The largest absolute Gasteiger partial charge is 0.391 e. The maximum Gasteiger partial charge on any atom is 0.264 e. The zero-order valence-corrected chi connectivity index (χ0v) is 40.4. The number of halogens is 2. The molecule has 7 heterocycles. The highest BCUT2D eigenvalue weighted by atomic mass is 32.1. The Labute approximate surface area is 403 Å². The van der Waals surface area contributed by atoms with Crippen LogP contribution in [0.4, 0.5) is 20.3 Å². The summed E-state index contributed by atoms with van der Waals surface area (Å²) in [7, 11) is 0. The molecule has 0 radical (unpaired) electrons. The fraction of sp³-hybridized carbons (Fsp3) is 0.510. The summed E-state index contributed by atoms with van der Waals surface area (Å²) in [4.78, 5) is 64.7. The molecule has 69 heavy (non-hydrogen) atoms. The molecule has 0 saturated carbocycles. The number of hydrogen-bond donors (Lipinski definition) is 3. The van der Waals surface area contributed by atoms with Crippen LogP contribution in [0.15, 0.2) is 48.1 Å². The number of carbonyl (C=O) groups excluding carboxylic acids is 4. The van der Waals surface area contributed by atoms with Crippen LogP contribution in [0.2, 0.25) is 0 Å². The van der Waals surface area contributed by atoms with Gasteiger partial charge in [-0.25, -0.2) is 18.4 Å². The van der Waals surface area contributed by atoms with Gasteiger partial charge in [-0.3, -0.25) is 23.9 Å². The number of amides is 4. The average molecular weight is 968 g/mol. The van der Waals surface area contributed by atoms with Crippen molar-refractivity contribution in [3.8, 4) is 21.7 Å². The van der Waals surface area contributed by atoms with E-state index in [9.17, 15) is 24.3 Å². The predicted molar refractivity (Wildman–Crippen MR) is 253 cm³/mol. The van der Waals surface area contributed by atoms with E-state index in [1.54, 1.807) is 55.5 Å². The van der Waals surface area contributed by atoms with Crippen molar-refractivity contribution in [2.45, 2.75) is 123 Å². The molecule has 2 fully saturated rings. The summed E-state index contributed by atoms with van der Waals surface area (Å²) in [5.74, 6) is -0.875. The van der Waals surface area contributed by atoms with Gasteiger partial charge in [0.2, 0.25) is 23.6 Å². The van der Waals surface area contributed by atoms with Gasteiger partial charge in [0, 0.05) is 87.2 Å². The number of benzene rings is 2. The maximum atomic E-state index is 15.1. The van der Waals surface area contributed by atoms with Crippen molar-refractivity contribution < 1.29 is 37.8 Å². The SMILES string of the molecule is CC(=O)N1CCc2c(c(N3CCCc4cc(-c5cn(CC(=O)N[C@H](C(=O)N6C[C@H](O)C[C@H]6C(=O)NCc6ccc(-c7scnc7C)cc6)C(C)(C)C)nn5)c(C(F)F)cc43)nn2C2CCOCC2)C1. The van der Waals surface area contributed by atoms with E-state index < -0.39 is 47.7 Å². The summed E-state index contributed by atoms with van der Waals surface area (Å²) in [6, 6.07) is 9.11. The van der Waals surface area contributed by atoms with Gasteiger partial charge in [0.1, 0.15) is 24.3 Å². The fourth-order valence-corrected chi connectivity index (χ4v) is 10.9. The number of nitrogens with zero attached hydrogens (tertiary/aromatic N) is 9. The van der Waals surface area contributed by atoms with E-state index in [0.29, 0.717) is 57.2 Å². The van der Waals surface area contributed by atoms with E-state index in [-0.39, 0.29) is 54.8 Å². The standard InChI is InChI=1S/C49H59F2N11O6S/c1-28-43(69-27-53-28)31-10-8-30(9-11-31)22-52-47(66)41-20-34(64)23-61(41)48(67)44(49(3,4)5)54-42(65)26-59-25-38(55-57-59)35-19-32-7-6-15-60(40(32)21-36(35)45(50)51)46-37-24-58(29(2)63)16-12-39(37)62(56-46)33-13-17-68-18-14-33/h8-11,19,21,25,27,33-34,41,44-45,64H,6-7,12-18,20,22-24,26H2,1-5H3,(H,52,66)(H,54,65)/t34-,41+,44-/m1/s1. The Balaban J connectivity index is 0.896. The van der Waals surface area contributed by atoms with Crippen LogP contribution in [0, 0.1) is 12.3 Å². The van der Waals surface area contributed by atoms with Crippen LogP contribution in [0.3, 0.4) is 0 Å². The van der Waals surface area contributed by atoms with E-state index in [1.165, 1.54) is 21.8 Å². The quantitative estimate of drug-likeness (QED) is 0.140. The second kappa shape index (κ2) is 19.7. The molecule has 20 heteroatoms. The van der Waals surface area contributed by atoms with Crippen LogP contribution in [0.1, 0.15) is 99.5 Å². The number of aliphatic hydroxyl groups excluding tert-OH is 1. The summed E-state index contributed by atoms with van der Waals surface area (Å²) in [5.41, 5.74) is 7.39. The highest BCUT2D eigenvalue weighted by Crippen LogP contribution is 2.43. The highest BCUT2D eigenvalue weighted by Gasteiger charge is 2.45. The van der Waals surface area contributed by atoms with E-state index in [1.807, 2.05) is 36.1 Å². The van der Waals surface area contributed by atoms with Crippen molar-refractivity contribution in [3.63, 3.8) is 0 Å². The molecule has 4 aliphatic heterocycles. The molecule has 17 nitrogen and oxygen atoms in total. The monoisotopic (exact) mass is 967 g/mol. The molecular weight excluding hydrogens is 909 g/mol. The van der Waals surface area contributed by atoms with Gasteiger partial charge >= 0.3 is 0 Å². The number of aryl methyl sites for hydroxylation is 2. The molecule has 366 valence electrons. The van der Waals surface area contributed by atoms with Gasteiger partial charge in [-0.2, -0.15) is 5.10 Å². The molecular formula is C49H59F2N11O6S. The number of anilines is 2. The second-order valence-electron chi connectivity index (χ2n) is 19.6. The normalized spacial score (nSPS) is 19.1. The number of fused-ring (bicyclic) bond motifs is 2. The number of nitrogens with one attached hydrogen (secondary N) is 2. The van der Waals surface area contributed by atoms with Gasteiger partial charge in [0.25, 0.3) is 6.43 Å². The van der Waals surface area contributed by atoms with Crippen LogP contribution in [0.5, 0.6) is 0 Å². The molecule has 2 aromatic carbocycles. The minimum atomic E-state index is -2.87. The zero-order chi connectivity index (χ0) is 48.7. The van der Waals surface area contributed by atoms with Crippen molar-refractivity contribution >= 4 is 46.5 Å². The van der Waals surface area contributed by atoms with Gasteiger partial charge in [-0.15, -0.1) is 16.4 Å². The molecule has 3 atom stereocenters. The number of alkyl halides is 2. The van der Waals surface area contributed by atoms with Crippen LogP contribution < -0.4 is 15.5 Å². The molecule has 4 amide bonds. The van der Waals surface area contributed by atoms with Gasteiger partial charge in [0.05, 0.1) is 41.0 Å².